The first kappa shape index (κ1) is 21.8. The van der Waals surface area contributed by atoms with E-state index in [0.29, 0.717) is 5.69 Å². The van der Waals surface area contributed by atoms with Crippen LogP contribution in [0.4, 0.5) is 10.5 Å². The molecule has 2 heterocycles. The maximum Gasteiger partial charge on any atom is 0.335 e. The molecule has 7 heteroatoms. The smallest absolute Gasteiger partial charge is 0.318 e. The molecule has 0 saturated carbocycles. The topological polar surface area (TPSA) is 71.4 Å². The molecule has 0 radical (unpaired) electrons. The lowest BCUT2D eigenvalue weighted by atomic mass is 10.1. The van der Waals surface area contributed by atoms with Gasteiger partial charge < -0.3 is 4.57 Å². The molecule has 0 unspecified atom stereocenters. The molecule has 0 bridgehead atoms. The van der Waals surface area contributed by atoms with Gasteiger partial charge in [0.25, 0.3) is 11.8 Å². The molecule has 4 rings (SSSR count). The molecule has 1 N–H and O–H groups in total. The number of barbiturate groups is 1. The van der Waals surface area contributed by atoms with Gasteiger partial charge in [0.1, 0.15) is 5.57 Å². The summed E-state index contributed by atoms with van der Waals surface area (Å²) < 4.78 is 3.00. The van der Waals surface area contributed by atoms with Gasteiger partial charge in [-0.15, -0.1) is 0 Å². The average Bonchev–Trinajstić information content (AvgIpc) is 3.04. The molecular weight excluding hydrogens is 470 g/mol. The van der Waals surface area contributed by atoms with Crippen LogP contribution in [-0.2, 0) is 16.0 Å². The highest BCUT2D eigenvalue weighted by Crippen LogP contribution is 2.27. The molecule has 2 aromatic carbocycles. The van der Waals surface area contributed by atoms with Gasteiger partial charge in [-0.2, -0.15) is 0 Å². The summed E-state index contributed by atoms with van der Waals surface area (Å²) in [5.41, 5.74) is 4.96. The molecule has 3 aromatic rings. The van der Waals surface area contributed by atoms with E-state index < -0.39 is 17.8 Å². The fourth-order valence-electron chi connectivity index (χ4n) is 3.87. The third kappa shape index (κ3) is 3.91. The van der Waals surface area contributed by atoms with E-state index in [0.717, 1.165) is 44.0 Å². The highest BCUT2D eigenvalue weighted by molar-refractivity contribution is 9.10. The molecule has 0 aliphatic carbocycles. The largest absolute Gasteiger partial charge is 0.335 e. The Labute approximate surface area is 194 Å². The van der Waals surface area contributed by atoms with Crippen LogP contribution in [0.15, 0.2) is 64.6 Å². The highest BCUT2D eigenvalue weighted by atomic mass is 79.9. The van der Waals surface area contributed by atoms with E-state index in [9.17, 15) is 14.4 Å². The monoisotopic (exact) mass is 491 g/mol. The first-order valence-electron chi connectivity index (χ1n) is 10.3. The van der Waals surface area contributed by atoms with E-state index in [4.69, 9.17) is 0 Å². The van der Waals surface area contributed by atoms with E-state index in [2.05, 4.69) is 25.8 Å². The molecule has 1 aliphatic rings. The summed E-state index contributed by atoms with van der Waals surface area (Å²) >= 11 is 3.49. The number of aromatic nitrogens is 1. The van der Waals surface area contributed by atoms with Crippen molar-refractivity contribution < 1.29 is 14.4 Å². The number of anilines is 1. The summed E-state index contributed by atoms with van der Waals surface area (Å²) in [6.07, 6.45) is 2.39. The van der Waals surface area contributed by atoms with E-state index in [1.54, 1.807) is 18.2 Å². The molecule has 162 valence electrons. The Morgan fingerprint density at radius 3 is 2.34 bits per heavy atom. The predicted molar refractivity (Wildman–Crippen MR) is 128 cm³/mol. The average molecular weight is 492 g/mol. The molecule has 1 saturated heterocycles. The molecule has 0 spiro atoms. The standard InChI is InChI=1S/C25H22BrN3O3/c1-4-17-8-10-20(11-9-17)29-24(31)22(23(30)27-25(29)32)13-18-12-15(2)28(16(18)3)21-7-5-6-19(26)14-21/h5-14H,4H2,1-3H3,(H,27,30,32)/b22-13-. The van der Waals surface area contributed by atoms with Gasteiger partial charge in [-0.25, -0.2) is 9.69 Å². The van der Waals surface area contributed by atoms with Gasteiger partial charge in [0.2, 0.25) is 0 Å². The van der Waals surface area contributed by atoms with Crippen molar-refractivity contribution in [3.63, 3.8) is 0 Å². The van der Waals surface area contributed by atoms with Crippen LogP contribution in [0.3, 0.4) is 0 Å². The summed E-state index contributed by atoms with van der Waals surface area (Å²) in [5.74, 6) is -1.34. The van der Waals surface area contributed by atoms with Crippen LogP contribution in [-0.4, -0.2) is 22.4 Å². The van der Waals surface area contributed by atoms with Crippen LogP contribution in [0.2, 0.25) is 0 Å². The quantitative estimate of drug-likeness (QED) is 0.408. The first-order valence-corrected chi connectivity index (χ1v) is 11.0. The van der Waals surface area contributed by atoms with Crippen LogP contribution in [0.1, 0.15) is 29.4 Å². The second kappa shape index (κ2) is 8.59. The summed E-state index contributed by atoms with van der Waals surface area (Å²) in [5, 5.41) is 2.28. The van der Waals surface area contributed by atoms with Gasteiger partial charge >= 0.3 is 6.03 Å². The minimum absolute atomic E-state index is 0.0846. The van der Waals surface area contributed by atoms with Crippen LogP contribution >= 0.6 is 15.9 Å². The minimum Gasteiger partial charge on any atom is -0.318 e. The summed E-state index contributed by atoms with van der Waals surface area (Å²) in [7, 11) is 0. The van der Waals surface area contributed by atoms with Crippen molar-refractivity contribution in [2.45, 2.75) is 27.2 Å². The molecule has 32 heavy (non-hydrogen) atoms. The number of carbonyl (C=O) groups excluding carboxylic acids is 3. The fourth-order valence-corrected chi connectivity index (χ4v) is 4.26. The minimum atomic E-state index is -0.749. The number of rotatable bonds is 4. The SMILES string of the molecule is CCc1ccc(N2C(=O)NC(=O)/C(=C/c3cc(C)n(-c4cccc(Br)c4)c3C)C2=O)cc1. The Morgan fingerprint density at radius 2 is 1.69 bits per heavy atom. The van der Waals surface area contributed by atoms with Gasteiger partial charge in [-0.3, -0.25) is 14.9 Å². The second-order valence-electron chi connectivity index (χ2n) is 7.62. The Hall–Kier alpha value is -3.45. The van der Waals surface area contributed by atoms with Crippen LogP contribution in [0, 0.1) is 13.8 Å². The molecule has 6 nitrogen and oxygen atoms in total. The third-order valence-corrected chi connectivity index (χ3v) is 6.03. The van der Waals surface area contributed by atoms with Gasteiger partial charge in [0, 0.05) is 21.5 Å². The molecule has 1 fully saturated rings. The van der Waals surface area contributed by atoms with E-state index in [1.165, 1.54) is 0 Å². The molecule has 1 aromatic heterocycles. The number of imide groups is 2. The number of urea groups is 1. The third-order valence-electron chi connectivity index (χ3n) is 5.54. The number of nitrogens with one attached hydrogen (secondary N) is 1. The van der Waals surface area contributed by atoms with E-state index in [1.807, 2.05) is 63.2 Å². The summed E-state index contributed by atoms with van der Waals surface area (Å²) in [4.78, 5) is 39.2. The summed E-state index contributed by atoms with van der Waals surface area (Å²) in [6, 6.07) is 16.2. The zero-order valence-corrected chi connectivity index (χ0v) is 19.6. The van der Waals surface area contributed by atoms with E-state index >= 15 is 0 Å². The maximum atomic E-state index is 13.2. The molecule has 1 aliphatic heterocycles. The number of hydrogen-bond acceptors (Lipinski definition) is 3. The van der Waals surface area contributed by atoms with Gasteiger partial charge in [0.15, 0.2) is 0 Å². The lowest BCUT2D eigenvalue weighted by Gasteiger charge is -2.26. The number of aryl methyl sites for hydroxylation is 2. The lowest BCUT2D eigenvalue weighted by Crippen LogP contribution is -2.54. The molecule has 0 atom stereocenters. The fraction of sp³-hybridized carbons (Fsp3) is 0.160. The Kier molecular flexibility index (Phi) is 5.84. The van der Waals surface area contributed by atoms with Crippen molar-refractivity contribution >= 4 is 45.5 Å². The predicted octanol–water partition coefficient (Wildman–Crippen LogP) is 5.09. The molecular formula is C25H22BrN3O3. The van der Waals surface area contributed by atoms with Crippen LogP contribution in [0.25, 0.3) is 11.8 Å². The van der Waals surface area contributed by atoms with E-state index in [-0.39, 0.29) is 5.57 Å². The number of carbonyl (C=O) groups is 3. The van der Waals surface area contributed by atoms with Gasteiger partial charge in [-0.05, 0) is 73.9 Å². The Morgan fingerprint density at radius 1 is 0.969 bits per heavy atom. The second-order valence-corrected chi connectivity index (χ2v) is 8.54. The normalized spacial score (nSPS) is 15.4. The van der Waals surface area contributed by atoms with Crippen molar-refractivity contribution in [3.8, 4) is 5.69 Å². The summed E-state index contributed by atoms with van der Waals surface area (Å²) in [6.45, 7) is 5.92. The number of hydrogen-bond donors (Lipinski definition) is 1. The van der Waals surface area contributed by atoms with Crippen molar-refractivity contribution in [2.24, 2.45) is 0 Å². The van der Waals surface area contributed by atoms with Gasteiger partial charge in [-0.1, -0.05) is 41.1 Å². The van der Waals surface area contributed by atoms with Crippen LogP contribution < -0.4 is 10.2 Å². The lowest BCUT2D eigenvalue weighted by molar-refractivity contribution is -0.122. The highest BCUT2D eigenvalue weighted by Gasteiger charge is 2.37. The van der Waals surface area contributed by atoms with Gasteiger partial charge in [0.05, 0.1) is 5.69 Å². The number of halogens is 1. The Balaban J connectivity index is 1.74. The van der Waals surface area contributed by atoms with Crippen molar-refractivity contribution in [2.75, 3.05) is 4.90 Å². The van der Waals surface area contributed by atoms with Crippen molar-refractivity contribution in [1.29, 1.82) is 0 Å². The maximum absolute atomic E-state index is 13.2. The van der Waals surface area contributed by atoms with Crippen molar-refractivity contribution in [1.82, 2.24) is 9.88 Å². The zero-order chi connectivity index (χ0) is 23.0. The zero-order valence-electron chi connectivity index (χ0n) is 18.0. The molecule has 4 amide bonds. The van der Waals surface area contributed by atoms with Crippen molar-refractivity contribution in [3.05, 3.63) is 87.2 Å². The Bertz CT molecular complexity index is 1270. The number of amides is 4. The first-order chi connectivity index (χ1) is 15.3. The number of benzene rings is 2. The number of nitrogens with zero attached hydrogens (tertiary/aromatic N) is 2. The van der Waals surface area contributed by atoms with Crippen LogP contribution in [0.5, 0.6) is 0 Å².